The molecule has 18 heavy (non-hydrogen) atoms. The lowest BCUT2D eigenvalue weighted by Gasteiger charge is -2.23. The fourth-order valence-corrected chi connectivity index (χ4v) is 2.63. The summed E-state index contributed by atoms with van der Waals surface area (Å²) in [6.07, 6.45) is 2.88. The zero-order valence-corrected chi connectivity index (χ0v) is 11.9. The van der Waals surface area contributed by atoms with Crippen LogP contribution in [0, 0.1) is 5.92 Å². The number of anilines is 2. The monoisotopic (exact) mass is 269 g/mol. The predicted molar refractivity (Wildman–Crippen MR) is 75.5 cm³/mol. The Morgan fingerprint density at radius 3 is 3.00 bits per heavy atom. The maximum atomic E-state index is 6.16. The Bertz CT molecular complexity index is 411. The van der Waals surface area contributed by atoms with Crippen molar-refractivity contribution in [3.63, 3.8) is 0 Å². The van der Waals surface area contributed by atoms with Crippen LogP contribution in [-0.2, 0) is 0 Å². The average Bonchev–Trinajstić information content (AvgIpc) is 2.75. The number of rotatable bonds is 4. The minimum atomic E-state index is 0.600. The number of hydrogen-bond donors (Lipinski definition) is 1. The molecule has 0 radical (unpaired) electrons. The Labute approximate surface area is 113 Å². The minimum Gasteiger partial charge on any atom is -0.358 e. The summed E-state index contributed by atoms with van der Waals surface area (Å²) in [5.74, 6) is 2.08. The third-order valence-electron chi connectivity index (χ3n) is 3.33. The predicted octanol–water partition coefficient (Wildman–Crippen LogP) is 1.56. The summed E-state index contributed by atoms with van der Waals surface area (Å²) < 4.78 is 0. The standard InChI is InChI=1S/C12H20ClN5/c1-14-12-15-6-10(13)11(16-12)18(3)8-9-4-5-17(2)7-9/h6,9H,4-5,7-8H2,1-3H3,(H,14,15,16). The summed E-state index contributed by atoms with van der Waals surface area (Å²) in [4.78, 5) is 13.0. The highest BCUT2D eigenvalue weighted by molar-refractivity contribution is 6.32. The molecule has 0 spiro atoms. The molecule has 0 bridgehead atoms. The second-order valence-corrected chi connectivity index (χ2v) is 5.32. The van der Waals surface area contributed by atoms with Gasteiger partial charge in [0.15, 0.2) is 5.82 Å². The topological polar surface area (TPSA) is 44.3 Å². The quantitative estimate of drug-likeness (QED) is 0.899. The largest absolute Gasteiger partial charge is 0.358 e. The number of nitrogens with one attached hydrogen (secondary N) is 1. The second kappa shape index (κ2) is 5.71. The first-order valence-corrected chi connectivity index (χ1v) is 6.58. The Hall–Kier alpha value is -1.07. The van der Waals surface area contributed by atoms with E-state index >= 15 is 0 Å². The first kappa shape index (κ1) is 13.4. The molecule has 1 unspecified atom stereocenters. The summed E-state index contributed by atoms with van der Waals surface area (Å²) in [6.45, 7) is 3.30. The van der Waals surface area contributed by atoms with E-state index in [0.29, 0.717) is 16.9 Å². The molecule has 0 amide bonds. The second-order valence-electron chi connectivity index (χ2n) is 4.91. The van der Waals surface area contributed by atoms with Crippen LogP contribution in [-0.4, -0.2) is 55.6 Å². The van der Waals surface area contributed by atoms with E-state index in [-0.39, 0.29) is 0 Å². The Morgan fingerprint density at radius 2 is 2.39 bits per heavy atom. The van der Waals surface area contributed by atoms with Gasteiger partial charge in [0.05, 0.1) is 6.20 Å². The van der Waals surface area contributed by atoms with Crippen molar-refractivity contribution in [1.82, 2.24) is 14.9 Å². The van der Waals surface area contributed by atoms with Crippen LogP contribution < -0.4 is 10.2 Å². The molecule has 1 saturated heterocycles. The van der Waals surface area contributed by atoms with Gasteiger partial charge in [-0.1, -0.05) is 11.6 Å². The van der Waals surface area contributed by atoms with Gasteiger partial charge in [-0.3, -0.25) is 0 Å². The van der Waals surface area contributed by atoms with Crippen LogP contribution in [0.15, 0.2) is 6.20 Å². The molecule has 1 fully saturated rings. The van der Waals surface area contributed by atoms with E-state index < -0.39 is 0 Å². The molecule has 1 atom stereocenters. The number of halogens is 1. The SMILES string of the molecule is CNc1ncc(Cl)c(N(C)CC2CCN(C)C2)n1. The van der Waals surface area contributed by atoms with Gasteiger partial charge in [0.1, 0.15) is 5.02 Å². The van der Waals surface area contributed by atoms with E-state index in [4.69, 9.17) is 11.6 Å². The molecule has 100 valence electrons. The molecule has 6 heteroatoms. The normalized spacial score (nSPS) is 20.1. The van der Waals surface area contributed by atoms with E-state index in [1.54, 1.807) is 13.2 Å². The first-order valence-electron chi connectivity index (χ1n) is 6.20. The molecule has 1 N–H and O–H groups in total. The fourth-order valence-electron chi connectivity index (χ4n) is 2.40. The van der Waals surface area contributed by atoms with Crippen molar-refractivity contribution in [2.45, 2.75) is 6.42 Å². The summed E-state index contributed by atoms with van der Waals surface area (Å²) in [7, 11) is 6.00. The van der Waals surface area contributed by atoms with Crippen molar-refractivity contribution < 1.29 is 0 Å². The van der Waals surface area contributed by atoms with Crippen molar-refractivity contribution in [3.8, 4) is 0 Å². The number of hydrogen-bond acceptors (Lipinski definition) is 5. The molecule has 1 aliphatic rings. The van der Waals surface area contributed by atoms with Crippen molar-refractivity contribution in [2.24, 2.45) is 5.92 Å². The Kier molecular flexibility index (Phi) is 4.24. The van der Waals surface area contributed by atoms with Crippen LogP contribution >= 0.6 is 11.6 Å². The highest BCUT2D eigenvalue weighted by Gasteiger charge is 2.22. The van der Waals surface area contributed by atoms with Gasteiger partial charge in [0, 0.05) is 27.2 Å². The van der Waals surface area contributed by atoms with Gasteiger partial charge in [-0.2, -0.15) is 4.98 Å². The van der Waals surface area contributed by atoms with Crippen LogP contribution in [0.4, 0.5) is 11.8 Å². The van der Waals surface area contributed by atoms with Crippen molar-refractivity contribution in [1.29, 1.82) is 0 Å². The molecular formula is C12H20ClN5. The third kappa shape index (κ3) is 3.03. The molecule has 1 aliphatic heterocycles. The lowest BCUT2D eigenvalue weighted by atomic mass is 10.1. The number of likely N-dealkylation sites (tertiary alicyclic amines) is 1. The van der Waals surface area contributed by atoms with Gasteiger partial charge in [0.25, 0.3) is 0 Å². The van der Waals surface area contributed by atoms with E-state index in [9.17, 15) is 0 Å². The van der Waals surface area contributed by atoms with Gasteiger partial charge in [-0.15, -0.1) is 0 Å². The lowest BCUT2D eigenvalue weighted by molar-refractivity contribution is 0.395. The van der Waals surface area contributed by atoms with Crippen LogP contribution in [0.1, 0.15) is 6.42 Å². The van der Waals surface area contributed by atoms with Crippen LogP contribution in [0.25, 0.3) is 0 Å². The van der Waals surface area contributed by atoms with Gasteiger partial charge in [0.2, 0.25) is 5.95 Å². The van der Waals surface area contributed by atoms with Gasteiger partial charge in [-0.05, 0) is 25.9 Å². The zero-order chi connectivity index (χ0) is 13.1. The Balaban J connectivity index is 2.05. The van der Waals surface area contributed by atoms with Crippen LogP contribution in [0.3, 0.4) is 0 Å². The van der Waals surface area contributed by atoms with Crippen LogP contribution in [0.2, 0.25) is 5.02 Å². The first-order chi connectivity index (χ1) is 8.60. The van der Waals surface area contributed by atoms with Crippen molar-refractivity contribution in [3.05, 3.63) is 11.2 Å². The molecule has 1 aromatic rings. The molecule has 2 rings (SSSR count). The maximum Gasteiger partial charge on any atom is 0.224 e. The molecule has 1 aromatic heterocycles. The van der Waals surface area contributed by atoms with Gasteiger partial charge >= 0.3 is 0 Å². The zero-order valence-electron chi connectivity index (χ0n) is 11.1. The molecule has 2 heterocycles. The Morgan fingerprint density at radius 1 is 1.61 bits per heavy atom. The summed E-state index contributed by atoms with van der Waals surface area (Å²) >= 11 is 6.16. The van der Waals surface area contributed by atoms with E-state index in [1.807, 2.05) is 7.05 Å². The summed E-state index contributed by atoms with van der Waals surface area (Å²) in [5, 5.41) is 3.53. The highest BCUT2D eigenvalue weighted by Crippen LogP contribution is 2.25. The van der Waals surface area contributed by atoms with Gasteiger partial charge < -0.3 is 15.1 Å². The van der Waals surface area contributed by atoms with Gasteiger partial charge in [-0.25, -0.2) is 4.98 Å². The van der Waals surface area contributed by atoms with Crippen LogP contribution in [0.5, 0.6) is 0 Å². The molecule has 5 nitrogen and oxygen atoms in total. The molecular weight excluding hydrogens is 250 g/mol. The third-order valence-corrected chi connectivity index (χ3v) is 3.60. The maximum absolute atomic E-state index is 6.16. The smallest absolute Gasteiger partial charge is 0.224 e. The molecule has 0 aromatic carbocycles. The minimum absolute atomic E-state index is 0.600. The summed E-state index contributed by atoms with van der Waals surface area (Å²) in [5.41, 5.74) is 0. The highest BCUT2D eigenvalue weighted by atomic mass is 35.5. The van der Waals surface area contributed by atoms with E-state index in [2.05, 4.69) is 32.1 Å². The molecule has 0 saturated carbocycles. The van der Waals surface area contributed by atoms with E-state index in [1.165, 1.54) is 13.0 Å². The lowest BCUT2D eigenvalue weighted by Crippen LogP contribution is -2.28. The van der Waals surface area contributed by atoms with Crippen molar-refractivity contribution in [2.75, 3.05) is 51.0 Å². The summed E-state index contributed by atoms with van der Waals surface area (Å²) in [6, 6.07) is 0. The average molecular weight is 270 g/mol. The molecule has 0 aliphatic carbocycles. The van der Waals surface area contributed by atoms with Crippen molar-refractivity contribution >= 4 is 23.4 Å². The van der Waals surface area contributed by atoms with E-state index in [0.717, 1.165) is 18.9 Å². The number of nitrogens with zero attached hydrogens (tertiary/aromatic N) is 4. The number of aromatic nitrogens is 2. The fraction of sp³-hybridized carbons (Fsp3) is 0.667.